The zero-order chi connectivity index (χ0) is 43.2. The minimum absolute atomic E-state index is 0.0516. The molecule has 0 aromatic rings. The minimum atomic E-state index is -4.52. The molecule has 0 amide bonds. The van der Waals surface area contributed by atoms with Gasteiger partial charge in [0.2, 0.25) is 0 Å². The highest BCUT2D eigenvalue weighted by Gasteiger charge is 2.26. The Morgan fingerprint density at radius 1 is 0.525 bits per heavy atom. The Labute approximate surface area is 363 Å². The number of hydrogen-bond acceptors (Lipinski definition) is 8. The fourth-order valence-corrected chi connectivity index (χ4v) is 7.88. The van der Waals surface area contributed by atoms with Gasteiger partial charge < -0.3 is 24.6 Å². The molecule has 0 aliphatic heterocycles. The second-order valence-corrected chi connectivity index (χ2v) is 18.3. The van der Waals surface area contributed by atoms with E-state index in [-0.39, 0.29) is 25.6 Å². The number of allylic oxidation sites excluding steroid dienone is 4. The van der Waals surface area contributed by atoms with E-state index < -0.39 is 33.2 Å². The van der Waals surface area contributed by atoms with Gasteiger partial charge in [-0.3, -0.25) is 13.8 Å². The number of phosphoric acid groups is 1. The highest BCUT2D eigenvalue weighted by Crippen LogP contribution is 2.43. The molecule has 0 aromatic heterocycles. The van der Waals surface area contributed by atoms with Crippen LogP contribution in [-0.4, -0.2) is 66.3 Å². The van der Waals surface area contributed by atoms with Crippen molar-refractivity contribution in [3.05, 3.63) is 24.3 Å². The van der Waals surface area contributed by atoms with Crippen molar-refractivity contribution < 1.29 is 43.0 Å². The number of ether oxygens (including phenoxy) is 2. The molecule has 0 fully saturated rings. The lowest BCUT2D eigenvalue weighted by molar-refractivity contribution is -0.154. The van der Waals surface area contributed by atoms with Gasteiger partial charge >= 0.3 is 13.8 Å². The molecular formula is C49H95O9P. The SMILES string of the molecule is CCCCCCC/C=C\C/C=C\CCCCCCCCCCCCOCC(COP(=O)(O)OCC(O)CO)OC(=O)CCCCCCCCCCCCCCCCCC. The van der Waals surface area contributed by atoms with Crippen molar-refractivity contribution in [3.63, 3.8) is 0 Å². The largest absolute Gasteiger partial charge is 0.472 e. The lowest BCUT2D eigenvalue weighted by Gasteiger charge is -2.20. The molecule has 3 unspecified atom stereocenters. The number of esters is 1. The van der Waals surface area contributed by atoms with Crippen LogP contribution in [0.3, 0.4) is 0 Å². The first-order valence-corrected chi connectivity index (χ1v) is 26.3. The zero-order valence-corrected chi connectivity index (χ0v) is 39.4. The molecule has 9 nitrogen and oxygen atoms in total. The van der Waals surface area contributed by atoms with E-state index in [2.05, 4.69) is 38.2 Å². The van der Waals surface area contributed by atoms with Gasteiger partial charge in [-0.05, 0) is 44.9 Å². The zero-order valence-electron chi connectivity index (χ0n) is 38.5. The van der Waals surface area contributed by atoms with Crippen molar-refractivity contribution in [2.75, 3.05) is 33.0 Å². The molecule has 0 aliphatic carbocycles. The average Bonchev–Trinajstić information content (AvgIpc) is 3.23. The molecule has 3 N–H and O–H groups in total. The lowest BCUT2D eigenvalue weighted by Crippen LogP contribution is -2.29. The van der Waals surface area contributed by atoms with Crippen LogP contribution in [0.1, 0.15) is 239 Å². The van der Waals surface area contributed by atoms with Crippen LogP contribution in [-0.2, 0) is 27.9 Å². The molecule has 0 heterocycles. The van der Waals surface area contributed by atoms with Gasteiger partial charge in [0.1, 0.15) is 12.2 Å². The molecule has 0 radical (unpaired) electrons. The van der Waals surface area contributed by atoms with E-state index in [4.69, 9.17) is 23.6 Å². The van der Waals surface area contributed by atoms with Crippen molar-refractivity contribution >= 4 is 13.8 Å². The van der Waals surface area contributed by atoms with Crippen molar-refractivity contribution in [1.82, 2.24) is 0 Å². The van der Waals surface area contributed by atoms with Gasteiger partial charge in [-0.1, -0.05) is 212 Å². The molecule has 59 heavy (non-hydrogen) atoms. The van der Waals surface area contributed by atoms with Crippen LogP contribution in [0.15, 0.2) is 24.3 Å². The lowest BCUT2D eigenvalue weighted by atomic mass is 10.0. The second kappa shape index (κ2) is 46.4. The molecule has 0 aliphatic rings. The normalized spacial score (nSPS) is 14.1. The van der Waals surface area contributed by atoms with Gasteiger partial charge in [0.05, 0.1) is 26.4 Å². The fraction of sp³-hybridized carbons (Fsp3) is 0.898. The molecule has 350 valence electrons. The number of rotatable bonds is 48. The topological polar surface area (TPSA) is 132 Å². The standard InChI is InChI=1S/C49H95O9P/c1-3-5-7-9-11-13-15-17-19-21-22-23-24-25-26-28-30-32-34-36-38-40-42-55-45-48(46-57-59(53,54)56-44-47(51)43-50)58-49(52)41-39-37-35-33-31-29-27-20-18-16-14-12-10-8-6-4-2/h15,17,21-22,47-48,50-51H,3-14,16,18-20,23-46H2,1-2H3,(H,53,54)/b17-15-,22-21-. The maximum Gasteiger partial charge on any atom is 0.472 e. The second-order valence-electron chi connectivity index (χ2n) is 16.8. The third-order valence-electron chi connectivity index (χ3n) is 10.9. The Morgan fingerprint density at radius 3 is 1.36 bits per heavy atom. The van der Waals surface area contributed by atoms with E-state index in [0.717, 1.165) is 44.9 Å². The highest BCUT2D eigenvalue weighted by atomic mass is 31.2. The molecule has 0 rings (SSSR count). The van der Waals surface area contributed by atoms with Crippen molar-refractivity contribution in [3.8, 4) is 0 Å². The van der Waals surface area contributed by atoms with E-state index in [1.54, 1.807) is 0 Å². The molecular weight excluding hydrogens is 764 g/mol. The van der Waals surface area contributed by atoms with Crippen molar-refractivity contribution in [2.45, 2.75) is 251 Å². The monoisotopic (exact) mass is 859 g/mol. The van der Waals surface area contributed by atoms with E-state index in [1.807, 2.05) is 0 Å². The Morgan fingerprint density at radius 2 is 0.915 bits per heavy atom. The average molecular weight is 859 g/mol. The molecule has 10 heteroatoms. The third-order valence-corrected chi connectivity index (χ3v) is 11.8. The van der Waals surface area contributed by atoms with E-state index >= 15 is 0 Å². The summed E-state index contributed by atoms with van der Waals surface area (Å²) in [6.45, 7) is 3.55. The Kier molecular flexibility index (Phi) is 45.6. The first kappa shape index (κ1) is 57.9. The summed E-state index contributed by atoms with van der Waals surface area (Å²) in [5.41, 5.74) is 0. The van der Waals surface area contributed by atoms with Crippen molar-refractivity contribution in [2.24, 2.45) is 0 Å². The summed E-state index contributed by atoms with van der Waals surface area (Å²) in [6.07, 6.45) is 49.9. The van der Waals surface area contributed by atoms with Gasteiger partial charge in [-0.15, -0.1) is 0 Å². The molecule has 0 bridgehead atoms. The van der Waals surface area contributed by atoms with Gasteiger partial charge in [-0.2, -0.15) is 0 Å². The number of unbranched alkanes of at least 4 members (excludes halogenated alkanes) is 30. The van der Waals surface area contributed by atoms with Gasteiger partial charge in [-0.25, -0.2) is 4.57 Å². The predicted molar refractivity (Wildman–Crippen MR) is 247 cm³/mol. The summed E-state index contributed by atoms with van der Waals surface area (Å²) >= 11 is 0. The summed E-state index contributed by atoms with van der Waals surface area (Å²) in [5.74, 6) is -0.379. The maximum atomic E-state index is 12.7. The summed E-state index contributed by atoms with van der Waals surface area (Å²) in [5, 5.41) is 18.4. The molecule has 0 saturated heterocycles. The summed E-state index contributed by atoms with van der Waals surface area (Å²) in [7, 11) is -4.52. The first-order valence-electron chi connectivity index (χ1n) is 24.8. The third kappa shape index (κ3) is 46.3. The smallest absolute Gasteiger partial charge is 0.457 e. The summed E-state index contributed by atoms with van der Waals surface area (Å²) in [6, 6.07) is 0. The minimum Gasteiger partial charge on any atom is -0.457 e. The number of phosphoric ester groups is 1. The molecule has 0 aromatic carbocycles. The van der Waals surface area contributed by atoms with E-state index in [0.29, 0.717) is 6.61 Å². The van der Waals surface area contributed by atoms with E-state index in [9.17, 15) is 19.4 Å². The quantitative estimate of drug-likeness (QED) is 0.0237. The number of aliphatic hydroxyl groups excluding tert-OH is 2. The van der Waals surface area contributed by atoms with Crippen molar-refractivity contribution in [1.29, 1.82) is 0 Å². The maximum absolute atomic E-state index is 12.7. The summed E-state index contributed by atoms with van der Waals surface area (Å²) in [4.78, 5) is 22.7. The van der Waals surface area contributed by atoms with Crippen LogP contribution in [0, 0.1) is 0 Å². The number of carbonyl (C=O) groups excluding carboxylic acids is 1. The van der Waals surface area contributed by atoms with Gasteiger partial charge in [0.15, 0.2) is 0 Å². The summed E-state index contributed by atoms with van der Waals surface area (Å²) < 4.78 is 33.5. The van der Waals surface area contributed by atoms with Crippen LogP contribution in [0.4, 0.5) is 0 Å². The molecule has 3 atom stereocenters. The van der Waals surface area contributed by atoms with Crippen LogP contribution in [0.25, 0.3) is 0 Å². The van der Waals surface area contributed by atoms with Crippen LogP contribution >= 0.6 is 7.82 Å². The van der Waals surface area contributed by atoms with Gasteiger partial charge in [0.25, 0.3) is 0 Å². The predicted octanol–water partition coefficient (Wildman–Crippen LogP) is 14.2. The number of carbonyl (C=O) groups is 1. The Bertz CT molecular complexity index is 975. The highest BCUT2D eigenvalue weighted by molar-refractivity contribution is 7.47. The van der Waals surface area contributed by atoms with Crippen LogP contribution in [0.2, 0.25) is 0 Å². The van der Waals surface area contributed by atoms with Crippen LogP contribution in [0.5, 0.6) is 0 Å². The Hall–Kier alpha value is -1.06. The fourth-order valence-electron chi connectivity index (χ4n) is 7.09. The number of hydrogen-bond donors (Lipinski definition) is 3. The number of aliphatic hydroxyl groups is 2. The van der Waals surface area contributed by atoms with E-state index in [1.165, 1.54) is 173 Å². The molecule has 0 spiro atoms. The Balaban J connectivity index is 4.06. The van der Waals surface area contributed by atoms with Gasteiger partial charge in [0, 0.05) is 13.0 Å². The molecule has 0 saturated carbocycles. The first-order chi connectivity index (χ1) is 28.8. The van der Waals surface area contributed by atoms with Crippen LogP contribution < -0.4 is 0 Å².